The Morgan fingerprint density at radius 1 is 1.28 bits per heavy atom. The number of hydrogen-bond donors (Lipinski definition) is 1. The van der Waals surface area contributed by atoms with Crippen molar-refractivity contribution in [3.8, 4) is 0 Å². The third-order valence-electron chi connectivity index (χ3n) is 4.09. The van der Waals surface area contributed by atoms with Gasteiger partial charge in [0.15, 0.2) is 0 Å². The van der Waals surface area contributed by atoms with Crippen LogP contribution in [0.4, 0.5) is 0 Å². The average molecular weight is 267 g/mol. The van der Waals surface area contributed by atoms with Crippen molar-refractivity contribution < 1.29 is 13.5 Å². The maximum atomic E-state index is 12.6. The van der Waals surface area contributed by atoms with Crippen molar-refractivity contribution in [1.82, 2.24) is 4.31 Å². The van der Waals surface area contributed by atoms with E-state index in [2.05, 4.69) is 0 Å². The number of aliphatic hydroxyl groups excluding tert-OH is 1. The monoisotopic (exact) mass is 267 g/mol. The fourth-order valence-corrected chi connectivity index (χ4v) is 5.14. The molecule has 2 atom stereocenters. The van der Waals surface area contributed by atoms with Gasteiger partial charge in [-0.3, -0.25) is 0 Å². The molecule has 0 spiro atoms. The lowest BCUT2D eigenvalue weighted by Gasteiger charge is -2.26. The molecule has 2 bridgehead atoms. The minimum atomic E-state index is -3.44. The van der Waals surface area contributed by atoms with Crippen LogP contribution in [0.15, 0.2) is 29.2 Å². The smallest absolute Gasteiger partial charge is 0.243 e. The highest BCUT2D eigenvalue weighted by Crippen LogP contribution is 2.40. The predicted octanol–water partition coefficient (Wildman–Crippen LogP) is 1.35. The van der Waals surface area contributed by atoms with Crippen LogP contribution in [0.3, 0.4) is 0 Å². The lowest BCUT2D eigenvalue weighted by atomic mass is 10.1. The Balaban J connectivity index is 2.00. The first-order chi connectivity index (χ1) is 8.63. The molecular formula is C13H17NO3S. The summed E-state index contributed by atoms with van der Waals surface area (Å²) in [5, 5.41) is 9.27. The van der Waals surface area contributed by atoms with Crippen molar-refractivity contribution in [2.45, 2.75) is 36.8 Å². The fourth-order valence-electron chi connectivity index (χ4n) is 3.19. The van der Waals surface area contributed by atoms with Crippen LogP contribution in [-0.4, -0.2) is 30.4 Å². The molecule has 1 aliphatic heterocycles. The van der Waals surface area contributed by atoms with Crippen molar-refractivity contribution in [3.05, 3.63) is 29.8 Å². The molecule has 2 unspecified atom stereocenters. The van der Waals surface area contributed by atoms with E-state index in [9.17, 15) is 13.5 Å². The standard InChI is InChI=1S/C13H17NO3S/c15-9-11-3-1-2-4-13(11)18(16,17)14-8-10-5-6-12(14)7-10/h1-4,10,12,15H,5-9H2. The van der Waals surface area contributed by atoms with Gasteiger partial charge >= 0.3 is 0 Å². The number of fused-ring (bicyclic) bond motifs is 2. The van der Waals surface area contributed by atoms with E-state index >= 15 is 0 Å². The topological polar surface area (TPSA) is 57.6 Å². The minimum Gasteiger partial charge on any atom is -0.392 e. The van der Waals surface area contributed by atoms with Gasteiger partial charge in [0.25, 0.3) is 0 Å². The van der Waals surface area contributed by atoms with Crippen LogP contribution in [0.25, 0.3) is 0 Å². The lowest BCUT2D eigenvalue weighted by Crippen LogP contribution is -2.38. The summed E-state index contributed by atoms with van der Waals surface area (Å²) >= 11 is 0. The molecular weight excluding hydrogens is 250 g/mol. The third-order valence-corrected chi connectivity index (χ3v) is 6.11. The SMILES string of the molecule is O=S(=O)(c1ccccc1CO)N1CC2CCC1C2. The van der Waals surface area contributed by atoms with Crippen LogP contribution in [0, 0.1) is 5.92 Å². The minimum absolute atomic E-state index is 0.173. The summed E-state index contributed by atoms with van der Waals surface area (Å²) in [4.78, 5) is 0.264. The lowest BCUT2D eigenvalue weighted by molar-refractivity contribution is 0.277. The van der Waals surface area contributed by atoms with Crippen LogP contribution in [0.2, 0.25) is 0 Å². The molecule has 2 aliphatic rings. The maximum absolute atomic E-state index is 12.6. The van der Waals surface area contributed by atoms with Gasteiger partial charge < -0.3 is 5.11 Å². The second-order valence-electron chi connectivity index (χ2n) is 5.17. The van der Waals surface area contributed by atoms with Crippen molar-refractivity contribution in [2.24, 2.45) is 5.92 Å². The summed E-state index contributed by atoms with van der Waals surface area (Å²) < 4.78 is 26.9. The molecule has 98 valence electrons. The van der Waals surface area contributed by atoms with Crippen LogP contribution < -0.4 is 0 Å². The van der Waals surface area contributed by atoms with E-state index in [4.69, 9.17) is 0 Å². The summed E-state index contributed by atoms with van der Waals surface area (Å²) in [6.45, 7) is 0.407. The molecule has 1 aromatic rings. The molecule has 5 heteroatoms. The molecule has 1 heterocycles. The van der Waals surface area contributed by atoms with E-state index in [-0.39, 0.29) is 17.5 Å². The van der Waals surface area contributed by atoms with Gasteiger partial charge in [0, 0.05) is 12.6 Å². The van der Waals surface area contributed by atoms with E-state index < -0.39 is 10.0 Å². The highest BCUT2D eigenvalue weighted by molar-refractivity contribution is 7.89. The van der Waals surface area contributed by atoms with Crippen molar-refractivity contribution >= 4 is 10.0 Å². The summed E-state index contributed by atoms with van der Waals surface area (Å²) in [5.74, 6) is 0.533. The second-order valence-corrected chi connectivity index (χ2v) is 7.03. The third kappa shape index (κ3) is 1.77. The van der Waals surface area contributed by atoms with E-state index in [0.717, 1.165) is 19.3 Å². The Kier molecular flexibility index (Phi) is 2.92. The molecule has 1 saturated carbocycles. The summed E-state index contributed by atoms with van der Waals surface area (Å²) in [6, 6.07) is 6.89. The van der Waals surface area contributed by atoms with Crippen LogP contribution in [0.5, 0.6) is 0 Å². The van der Waals surface area contributed by atoms with Gasteiger partial charge in [-0.25, -0.2) is 8.42 Å². The van der Waals surface area contributed by atoms with Crippen LogP contribution in [-0.2, 0) is 16.6 Å². The summed E-state index contributed by atoms with van der Waals surface area (Å²) in [6.07, 6.45) is 3.13. The molecule has 4 nitrogen and oxygen atoms in total. The van der Waals surface area contributed by atoms with Crippen molar-refractivity contribution in [1.29, 1.82) is 0 Å². The van der Waals surface area contributed by atoms with E-state index in [1.165, 1.54) is 0 Å². The Bertz CT molecular complexity index is 555. The number of piperidine rings is 1. The van der Waals surface area contributed by atoms with Crippen molar-refractivity contribution in [2.75, 3.05) is 6.54 Å². The molecule has 0 amide bonds. The first-order valence-corrected chi connectivity index (χ1v) is 7.77. The first-order valence-electron chi connectivity index (χ1n) is 6.33. The van der Waals surface area contributed by atoms with Gasteiger partial charge in [0.1, 0.15) is 0 Å². The predicted molar refractivity (Wildman–Crippen MR) is 67.4 cm³/mol. The zero-order chi connectivity index (χ0) is 12.8. The zero-order valence-corrected chi connectivity index (χ0v) is 10.9. The molecule has 3 rings (SSSR count). The number of hydrogen-bond acceptors (Lipinski definition) is 3. The average Bonchev–Trinajstić information content (AvgIpc) is 3.01. The largest absolute Gasteiger partial charge is 0.392 e. The van der Waals surface area contributed by atoms with Gasteiger partial charge in [-0.2, -0.15) is 4.31 Å². The number of aliphatic hydroxyl groups is 1. The molecule has 1 aliphatic carbocycles. The number of sulfonamides is 1. The molecule has 0 radical (unpaired) electrons. The summed E-state index contributed by atoms with van der Waals surface area (Å²) in [5.41, 5.74) is 0.486. The second kappa shape index (κ2) is 4.33. The molecule has 1 aromatic carbocycles. The molecule has 2 fully saturated rings. The van der Waals surface area contributed by atoms with Crippen LogP contribution >= 0.6 is 0 Å². The normalized spacial score (nSPS) is 27.8. The molecule has 18 heavy (non-hydrogen) atoms. The van der Waals surface area contributed by atoms with E-state index in [0.29, 0.717) is 18.0 Å². The van der Waals surface area contributed by atoms with Crippen molar-refractivity contribution in [3.63, 3.8) is 0 Å². The maximum Gasteiger partial charge on any atom is 0.243 e. The van der Waals surface area contributed by atoms with Gasteiger partial charge in [0.05, 0.1) is 11.5 Å². The Morgan fingerprint density at radius 3 is 2.67 bits per heavy atom. The molecule has 1 N–H and O–H groups in total. The fraction of sp³-hybridized carbons (Fsp3) is 0.538. The van der Waals surface area contributed by atoms with E-state index in [1.807, 2.05) is 0 Å². The number of benzene rings is 1. The molecule has 1 saturated heterocycles. The van der Waals surface area contributed by atoms with Gasteiger partial charge in [-0.15, -0.1) is 0 Å². The summed E-state index contributed by atoms with van der Waals surface area (Å²) in [7, 11) is -3.44. The Labute approximate surface area is 107 Å². The zero-order valence-electron chi connectivity index (χ0n) is 10.1. The van der Waals surface area contributed by atoms with Crippen LogP contribution in [0.1, 0.15) is 24.8 Å². The molecule has 0 aromatic heterocycles. The number of rotatable bonds is 3. The Hall–Kier alpha value is -0.910. The van der Waals surface area contributed by atoms with Gasteiger partial charge in [-0.05, 0) is 36.8 Å². The first kappa shape index (κ1) is 12.1. The highest BCUT2D eigenvalue weighted by atomic mass is 32.2. The Morgan fingerprint density at radius 2 is 2.06 bits per heavy atom. The quantitative estimate of drug-likeness (QED) is 0.899. The highest BCUT2D eigenvalue weighted by Gasteiger charge is 2.44. The van der Waals surface area contributed by atoms with Gasteiger partial charge in [0.2, 0.25) is 10.0 Å². The number of nitrogens with zero attached hydrogens (tertiary/aromatic N) is 1. The van der Waals surface area contributed by atoms with E-state index in [1.54, 1.807) is 28.6 Å². The van der Waals surface area contributed by atoms with Gasteiger partial charge in [-0.1, -0.05) is 18.2 Å².